The zero-order valence-corrected chi connectivity index (χ0v) is 19.8. The first-order valence-electron chi connectivity index (χ1n) is 11.9. The summed E-state index contributed by atoms with van der Waals surface area (Å²) < 4.78 is 30.5. The van der Waals surface area contributed by atoms with Crippen molar-refractivity contribution in [1.29, 1.82) is 0 Å². The van der Waals surface area contributed by atoms with Gasteiger partial charge in [-0.3, -0.25) is 14.6 Å². The van der Waals surface area contributed by atoms with E-state index in [-0.39, 0.29) is 12.0 Å². The lowest BCUT2D eigenvalue weighted by atomic mass is 10.1. The molecule has 0 bridgehead atoms. The van der Waals surface area contributed by atoms with Crippen LogP contribution in [0.2, 0.25) is 0 Å². The molecule has 4 rings (SSSR count). The van der Waals surface area contributed by atoms with Crippen LogP contribution in [0.1, 0.15) is 15.9 Å². The van der Waals surface area contributed by atoms with Crippen LogP contribution in [0.25, 0.3) is 0 Å². The molecule has 2 heterocycles. The van der Waals surface area contributed by atoms with E-state index in [1.165, 1.54) is 17.7 Å². The quantitative estimate of drug-likeness (QED) is 0.560. The van der Waals surface area contributed by atoms with Gasteiger partial charge in [0.1, 0.15) is 11.6 Å². The Bertz CT molecular complexity index is 921. The van der Waals surface area contributed by atoms with Crippen LogP contribution in [0.4, 0.5) is 4.39 Å². The number of carbonyl (C=O) groups is 1. The van der Waals surface area contributed by atoms with E-state index >= 15 is 0 Å². The van der Waals surface area contributed by atoms with Gasteiger partial charge in [-0.1, -0.05) is 18.2 Å². The monoisotopic (exact) mass is 471 g/mol. The summed E-state index contributed by atoms with van der Waals surface area (Å²) in [5.41, 5.74) is 1.58. The lowest BCUT2D eigenvalue weighted by Gasteiger charge is -2.36. The maximum Gasteiger partial charge on any atom is 0.254 e. The van der Waals surface area contributed by atoms with E-state index in [0.29, 0.717) is 38.5 Å². The van der Waals surface area contributed by atoms with Crippen LogP contribution in [-0.2, 0) is 16.0 Å². The number of halogens is 1. The Morgan fingerprint density at radius 1 is 1.09 bits per heavy atom. The van der Waals surface area contributed by atoms with Crippen molar-refractivity contribution in [3.63, 3.8) is 0 Å². The van der Waals surface area contributed by atoms with E-state index in [2.05, 4.69) is 21.9 Å². The minimum Gasteiger partial charge on any atom is -0.497 e. The van der Waals surface area contributed by atoms with Crippen LogP contribution in [-0.4, -0.2) is 99.5 Å². The third-order valence-corrected chi connectivity index (χ3v) is 6.36. The SMILES string of the molecule is COc1ccc(CN2CCOC(CN(CCN3CCOCC3)C(=O)c3cccc(F)c3)C2)cc1. The second-order valence-corrected chi connectivity index (χ2v) is 8.79. The van der Waals surface area contributed by atoms with Gasteiger partial charge in [-0.25, -0.2) is 4.39 Å². The molecule has 0 spiro atoms. The highest BCUT2D eigenvalue weighted by atomic mass is 19.1. The Labute approximate surface area is 201 Å². The summed E-state index contributed by atoms with van der Waals surface area (Å²) in [4.78, 5) is 19.8. The Morgan fingerprint density at radius 2 is 1.85 bits per heavy atom. The van der Waals surface area contributed by atoms with Crippen molar-refractivity contribution in [3.05, 3.63) is 65.5 Å². The number of rotatable bonds is 9. The van der Waals surface area contributed by atoms with Crippen LogP contribution in [0, 0.1) is 5.82 Å². The maximum atomic E-state index is 13.8. The van der Waals surface area contributed by atoms with Crippen molar-refractivity contribution >= 4 is 5.91 Å². The third kappa shape index (κ3) is 6.99. The summed E-state index contributed by atoms with van der Waals surface area (Å²) in [6.45, 7) is 7.94. The number of carbonyl (C=O) groups excluding carboxylic acids is 1. The molecule has 0 aromatic heterocycles. The van der Waals surface area contributed by atoms with Crippen LogP contribution < -0.4 is 4.74 Å². The molecule has 2 fully saturated rings. The lowest BCUT2D eigenvalue weighted by Crippen LogP contribution is -2.50. The van der Waals surface area contributed by atoms with Gasteiger partial charge in [0, 0.05) is 57.9 Å². The van der Waals surface area contributed by atoms with Gasteiger partial charge in [-0.15, -0.1) is 0 Å². The molecule has 34 heavy (non-hydrogen) atoms. The first-order valence-corrected chi connectivity index (χ1v) is 11.9. The zero-order valence-electron chi connectivity index (χ0n) is 19.8. The molecular weight excluding hydrogens is 437 g/mol. The van der Waals surface area contributed by atoms with Gasteiger partial charge in [0.05, 0.1) is 33.0 Å². The molecule has 7 nitrogen and oxygen atoms in total. The molecule has 2 aliphatic heterocycles. The van der Waals surface area contributed by atoms with Crippen LogP contribution in [0.5, 0.6) is 5.75 Å². The van der Waals surface area contributed by atoms with Crippen LogP contribution in [0.3, 0.4) is 0 Å². The molecule has 2 aliphatic rings. The fraction of sp³-hybridized carbons (Fsp3) is 0.500. The van der Waals surface area contributed by atoms with E-state index in [1.807, 2.05) is 17.0 Å². The number of hydrogen-bond acceptors (Lipinski definition) is 6. The summed E-state index contributed by atoms with van der Waals surface area (Å²) in [6.07, 6.45) is -0.103. The minimum absolute atomic E-state index is 0.103. The smallest absolute Gasteiger partial charge is 0.254 e. The molecular formula is C26H34FN3O4. The number of amides is 1. The summed E-state index contributed by atoms with van der Waals surface area (Å²) >= 11 is 0. The number of benzene rings is 2. The van der Waals surface area contributed by atoms with Crippen molar-refractivity contribution in [2.24, 2.45) is 0 Å². The van der Waals surface area contributed by atoms with Gasteiger partial charge in [-0.05, 0) is 35.9 Å². The van der Waals surface area contributed by atoms with Gasteiger partial charge in [-0.2, -0.15) is 0 Å². The fourth-order valence-corrected chi connectivity index (χ4v) is 4.44. The summed E-state index contributed by atoms with van der Waals surface area (Å²) in [5.74, 6) is 0.276. The van der Waals surface area contributed by atoms with E-state index in [4.69, 9.17) is 14.2 Å². The lowest BCUT2D eigenvalue weighted by molar-refractivity contribution is -0.0443. The Kier molecular flexibility index (Phi) is 8.87. The number of nitrogens with zero attached hydrogens (tertiary/aromatic N) is 3. The molecule has 184 valence electrons. The first-order chi connectivity index (χ1) is 16.6. The number of hydrogen-bond donors (Lipinski definition) is 0. The predicted octanol–water partition coefficient (Wildman–Crippen LogP) is 2.51. The molecule has 2 aromatic rings. The van der Waals surface area contributed by atoms with Crippen molar-refractivity contribution in [2.45, 2.75) is 12.6 Å². The van der Waals surface area contributed by atoms with Crippen molar-refractivity contribution < 1.29 is 23.4 Å². The minimum atomic E-state index is -0.404. The highest BCUT2D eigenvalue weighted by Crippen LogP contribution is 2.16. The summed E-state index contributed by atoms with van der Waals surface area (Å²) in [6, 6.07) is 14.0. The summed E-state index contributed by atoms with van der Waals surface area (Å²) in [5, 5.41) is 0. The van der Waals surface area contributed by atoms with E-state index < -0.39 is 5.82 Å². The van der Waals surface area contributed by atoms with Gasteiger partial charge in [0.25, 0.3) is 5.91 Å². The topological polar surface area (TPSA) is 54.5 Å². The van der Waals surface area contributed by atoms with E-state index in [9.17, 15) is 9.18 Å². The second kappa shape index (κ2) is 12.3. The van der Waals surface area contributed by atoms with Crippen LogP contribution >= 0.6 is 0 Å². The Balaban J connectivity index is 1.39. The average molecular weight is 472 g/mol. The average Bonchev–Trinajstić information content (AvgIpc) is 2.87. The number of methoxy groups -OCH3 is 1. The third-order valence-electron chi connectivity index (χ3n) is 6.36. The van der Waals surface area contributed by atoms with Gasteiger partial charge >= 0.3 is 0 Å². The largest absolute Gasteiger partial charge is 0.497 e. The van der Waals surface area contributed by atoms with Gasteiger partial charge < -0.3 is 19.1 Å². The molecule has 0 aliphatic carbocycles. The molecule has 0 N–H and O–H groups in total. The molecule has 0 saturated carbocycles. The van der Waals surface area contributed by atoms with Gasteiger partial charge in [0.15, 0.2) is 0 Å². The van der Waals surface area contributed by atoms with Crippen LogP contribution in [0.15, 0.2) is 48.5 Å². The van der Waals surface area contributed by atoms with Crippen molar-refractivity contribution in [3.8, 4) is 5.75 Å². The number of ether oxygens (including phenoxy) is 3. The molecule has 8 heteroatoms. The van der Waals surface area contributed by atoms with E-state index in [0.717, 1.165) is 45.0 Å². The second-order valence-electron chi connectivity index (χ2n) is 8.79. The highest BCUT2D eigenvalue weighted by molar-refractivity contribution is 5.94. The molecule has 1 atom stereocenters. The molecule has 0 radical (unpaired) electrons. The normalized spacial score (nSPS) is 19.6. The van der Waals surface area contributed by atoms with Crippen molar-refractivity contribution in [1.82, 2.24) is 14.7 Å². The standard InChI is InChI=1S/C26H34FN3O4/c1-32-24-7-5-21(6-8-24)18-29-13-16-34-25(19-29)20-30(10-9-28-11-14-33-15-12-28)26(31)22-3-2-4-23(27)17-22/h2-8,17,25H,9-16,18-20H2,1H3. The Hall–Kier alpha value is -2.52. The Morgan fingerprint density at radius 3 is 2.59 bits per heavy atom. The van der Waals surface area contributed by atoms with Crippen molar-refractivity contribution in [2.75, 3.05) is 72.7 Å². The molecule has 2 saturated heterocycles. The summed E-state index contributed by atoms with van der Waals surface area (Å²) in [7, 11) is 1.66. The number of morpholine rings is 2. The highest BCUT2D eigenvalue weighted by Gasteiger charge is 2.26. The van der Waals surface area contributed by atoms with Gasteiger partial charge in [0.2, 0.25) is 0 Å². The molecule has 1 amide bonds. The van der Waals surface area contributed by atoms with E-state index in [1.54, 1.807) is 19.2 Å². The molecule has 2 aromatic carbocycles. The molecule has 1 unspecified atom stereocenters. The predicted molar refractivity (Wildman–Crippen MR) is 128 cm³/mol. The first kappa shape index (κ1) is 24.6. The fourth-order valence-electron chi connectivity index (χ4n) is 4.44. The maximum absolute atomic E-state index is 13.8. The zero-order chi connectivity index (χ0) is 23.8.